The molecule has 0 aliphatic carbocycles. The predicted octanol–water partition coefficient (Wildman–Crippen LogP) is 11.7. The SMILES string of the molecule is CC/C=C\C/C=C\C/C=C\C/C=C\C=C/C(O)C/C=C\CCC(=O)O[C@H](COC(=O)CCCCC/C=C\C/C=C\C/C=C\C/C=C\C/C=C\CC)COP(=O)(O)O. The fraction of sp³-hybridized carbons (Fsp3) is 0.489. The molecule has 318 valence electrons. The Bertz CT molecular complexity index is 1390. The van der Waals surface area contributed by atoms with E-state index in [2.05, 4.69) is 116 Å². The van der Waals surface area contributed by atoms with Gasteiger partial charge in [-0.05, 0) is 89.9 Å². The molecule has 0 fully saturated rings. The van der Waals surface area contributed by atoms with E-state index < -0.39 is 38.6 Å². The van der Waals surface area contributed by atoms with Gasteiger partial charge < -0.3 is 24.4 Å². The quantitative estimate of drug-likeness (QED) is 0.0188. The average Bonchev–Trinajstić information content (AvgIpc) is 3.18. The first kappa shape index (κ1) is 53.1. The molecule has 0 saturated carbocycles. The molecule has 0 aliphatic heterocycles. The minimum atomic E-state index is -4.82. The number of unbranched alkanes of at least 4 members (excludes halogenated alkanes) is 3. The summed E-state index contributed by atoms with van der Waals surface area (Å²) in [5.41, 5.74) is 0. The highest BCUT2D eigenvalue weighted by molar-refractivity contribution is 7.46. The summed E-state index contributed by atoms with van der Waals surface area (Å²) in [5, 5.41) is 10.1. The van der Waals surface area contributed by atoms with Crippen molar-refractivity contribution in [3.8, 4) is 0 Å². The second kappa shape index (κ2) is 40.4. The molecule has 0 rings (SSSR count). The van der Waals surface area contributed by atoms with E-state index in [-0.39, 0.29) is 19.4 Å². The van der Waals surface area contributed by atoms with Gasteiger partial charge in [0.05, 0.1) is 12.7 Å². The molecular formula is C47H71O9P. The molecule has 0 radical (unpaired) electrons. The molecule has 0 aromatic rings. The Balaban J connectivity index is 4.25. The van der Waals surface area contributed by atoms with Crippen LogP contribution in [0.25, 0.3) is 0 Å². The maximum absolute atomic E-state index is 12.4. The van der Waals surface area contributed by atoms with Crippen LogP contribution in [0.5, 0.6) is 0 Å². The highest BCUT2D eigenvalue weighted by Gasteiger charge is 2.22. The van der Waals surface area contributed by atoms with Crippen LogP contribution in [0.1, 0.15) is 123 Å². The molecule has 0 spiro atoms. The molecule has 0 saturated heterocycles. The molecule has 10 heteroatoms. The summed E-state index contributed by atoms with van der Waals surface area (Å²) in [5.74, 6) is -1.12. The molecule has 1 unspecified atom stereocenters. The van der Waals surface area contributed by atoms with Crippen molar-refractivity contribution in [3.05, 3.63) is 134 Å². The van der Waals surface area contributed by atoms with E-state index in [1.54, 1.807) is 24.3 Å². The standard InChI is InChI=1S/C47H71O9P/c1-3-5-7-9-11-13-15-17-18-19-20-21-22-24-26-28-30-32-36-40-46(49)54-42-45(43-55-57(51,52)53)56-47(50)41-37-33-35-39-44(48)38-34-31-29-27-25-23-16-14-12-10-8-6-4-2/h5-8,11-14,17-18,20-21,23-26,29,31,33-35,38,44-45,48H,3-4,9-10,15-16,19,22,27-28,30,32,36-37,39-43H2,1-2H3,(H2,51,52,53)/b7-5-,8-6-,13-11-,14-12-,18-17-,21-20-,25-23-,26-24-,31-29-,35-33-,38-34-/t44?,45-/m1/s1. The van der Waals surface area contributed by atoms with Crippen molar-refractivity contribution in [3.63, 3.8) is 0 Å². The number of phosphoric ester groups is 1. The van der Waals surface area contributed by atoms with Crippen molar-refractivity contribution in [1.29, 1.82) is 0 Å². The van der Waals surface area contributed by atoms with Gasteiger partial charge in [0.25, 0.3) is 0 Å². The number of esters is 2. The first-order valence-corrected chi connectivity index (χ1v) is 22.1. The van der Waals surface area contributed by atoms with Crippen LogP contribution in [-0.2, 0) is 28.2 Å². The summed E-state index contributed by atoms with van der Waals surface area (Å²) in [7, 11) is -4.82. The lowest BCUT2D eigenvalue weighted by atomic mass is 10.1. The van der Waals surface area contributed by atoms with Gasteiger partial charge in [-0.2, -0.15) is 0 Å². The molecular weight excluding hydrogens is 739 g/mol. The van der Waals surface area contributed by atoms with E-state index in [0.717, 1.165) is 77.0 Å². The largest absolute Gasteiger partial charge is 0.469 e. The number of aliphatic hydroxyl groups excluding tert-OH is 1. The molecule has 57 heavy (non-hydrogen) atoms. The Morgan fingerprint density at radius 1 is 0.544 bits per heavy atom. The van der Waals surface area contributed by atoms with Gasteiger partial charge in [-0.15, -0.1) is 0 Å². The first-order valence-electron chi connectivity index (χ1n) is 20.6. The second-order valence-electron chi connectivity index (χ2n) is 13.0. The van der Waals surface area contributed by atoms with Crippen LogP contribution in [0.3, 0.4) is 0 Å². The van der Waals surface area contributed by atoms with Crippen LogP contribution in [0, 0.1) is 0 Å². The number of hydrogen-bond acceptors (Lipinski definition) is 7. The topological polar surface area (TPSA) is 140 Å². The van der Waals surface area contributed by atoms with Crippen molar-refractivity contribution >= 4 is 19.8 Å². The van der Waals surface area contributed by atoms with E-state index in [1.807, 2.05) is 12.2 Å². The molecule has 0 aromatic heterocycles. The Labute approximate surface area is 344 Å². The zero-order valence-electron chi connectivity index (χ0n) is 34.5. The normalized spacial score (nSPS) is 14.4. The van der Waals surface area contributed by atoms with Crippen LogP contribution >= 0.6 is 7.82 Å². The highest BCUT2D eigenvalue weighted by atomic mass is 31.2. The first-order chi connectivity index (χ1) is 27.7. The fourth-order valence-electron chi connectivity index (χ4n) is 4.74. The lowest BCUT2D eigenvalue weighted by Gasteiger charge is -2.18. The fourth-order valence-corrected chi connectivity index (χ4v) is 5.10. The third kappa shape index (κ3) is 43.1. The van der Waals surface area contributed by atoms with E-state index in [4.69, 9.17) is 19.3 Å². The lowest BCUT2D eigenvalue weighted by Crippen LogP contribution is -2.29. The molecule has 9 nitrogen and oxygen atoms in total. The monoisotopic (exact) mass is 810 g/mol. The average molecular weight is 811 g/mol. The molecule has 0 bridgehead atoms. The van der Waals surface area contributed by atoms with Gasteiger partial charge in [-0.1, -0.05) is 154 Å². The Kier molecular flexibility index (Phi) is 37.6. The summed E-state index contributed by atoms with van der Waals surface area (Å²) in [6.07, 6.45) is 56.3. The van der Waals surface area contributed by atoms with Crippen molar-refractivity contribution < 1.29 is 43.0 Å². The van der Waals surface area contributed by atoms with Crippen LogP contribution in [0.4, 0.5) is 0 Å². The van der Waals surface area contributed by atoms with Crippen LogP contribution in [0.2, 0.25) is 0 Å². The van der Waals surface area contributed by atoms with Crippen molar-refractivity contribution in [2.24, 2.45) is 0 Å². The summed E-state index contributed by atoms with van der Waals surface area (Å²) >= 11 is 0. The summed E-state index contributed by atoms with van der Waals surface area (Å²) < 4.78 is 26.2. The third-order valence-electron chi connectivity index (χ3n) is 7.76. The zero-order valence-corrected chi connectivity index (χ0v) is 35.4. The smallest absolute Gasteiger partial charge is 0.462 e. The number of phosphoric acid groups is 1. The van der Waals surface area contributed by atoms with Crippen LogP contribution in [0.15, 0.2) is 134 Å². The van der Waals surface area contributed by atoms with Gasteiger partial charge in [0, 0.05) is 12.8 Å². The zero-order chi connectivity index (χ0) is 41.9. The van der Waals surface area contributed by atoms with Gasteiger partial charge in [0.2, 0.25) is 0 Å². The molecule has 0 aromatic carbocycles. The summed E-state index contributed by atoms with van der Waals surface area (Å²) in [4.78, 5) is 42.8. The number of aliphatic hydroxyl groups is 1. The molecule has 0 amide bonds. The number of ether oxygens (including phenoxy) is 2. The lowest BCUT2D eigenvalue weighted by molar-refractivity contribution is -0.161. The maximum Gasteiger partial charge on any atom is 0.469 e. The number of carbonyl (C=O) groups is 2. The number of carbonyl (C=O) groups excluding carboxylic acids is 2. The molecule has 2 atom stereocenters. The van der Waals surface area contributed by atoms with Crippen LogP contribution in [-0.4, -0.2) is 52.3 Å². The van der Waals surface area contributed by atoms with Crippen molar-refractivity contribution in [1.82, 2.24) is 0 Å². The minimum absolute atomic E-state index is 0.0113. The third-order valence-corrected chi connectivity index (χ3v) is 8.24. The van der Waals surface area contributed by atoms with Crippen molar-refractivity contribution in [2.45, 2.75) is 135 Å². The Morgan fingerprint density at radius 3 is 1.56 bits per heavy atom. The van der Waals surface area contributed by atoms with E-state index in [0.29, 0.717) is 19.3 Å². The second-order valence-corrected chi connectivity index (χ2v) is 14.3. The predicted molar refractivity (Wildman–Crippen MR) is 235 cm³/mol. The number of allylic oxidation sites excluding steroid dienone is 20. The van der Waals surface area contributed by atoms with Gasteiger partial charge in [-0.25, -0.2) is 4.57 Å². The van der Waals surface area contributed by atoms with E-state index in [1.165, 1.54) is 0 Å². The van der Waals surface area contributed by atoms with Gasteiger partial charge in [-0.3, -0.25) is 14.1 Å². The number of hydrogen-bond donors (Lipinski definition) is 3. The number of rotatable bonds is 35. The Morgan fingerprint density at radius 2 is 1.04 bits per heavy atom. The van der Waals surface area contributed by atoms with Gasteiger partial charge in [0.1, 0.15) is 6.61 Å². The maximum atomic E-state index is 12.4. The summed E-state index contributed by atoms with van der Waals surface area (Å²) in [6.45, 7) is 3.26. The molecule has 0 aliphatic rings. The van der Waals surface area contributed by atoms with Crippen molar-refractivity contribution in [2.75, 3.05) is 13.2 Å². The summed E-state index contributed by atoms with van der Waals surface area (Å²) in [6, 6.07) is 0. The van der Waals surface area contributed by atoms with E-state index in [9.17, 15) is 19.3 Å². The molecule has 3 N–H and O–H groups in total. The minimum Gasteiger partial charge on any atom is -0.462 e. The Hall–Kier alpha value is -3.85. The van der Waals surface area contributed by atoms with Gasteiger partial charge in [0.15, 0.2) is 6.10 Å². The highest BCUT2D eigenvalue weighted by Crippen LogP contribution is 2.35. The van der Waals surface area contributed by atoms with Gasteiger partial charge >= 0.3 is 19.8 Å². The van der Waals surface area contributed by atoms with Crippen LogP contribution < -0.4 is 0 Å². The molecule has 0 heterocycles. The van der Waals surface area contributed by atoms with E-state index >= 15 is 0 Å².